The number of alkyl halides is 1. The summed E-state index contributed by atoms with van der Waals surface area (Å²) in [7, 11) is 0. The van der Waals surface area contributed by atoms with E-state index >= 15 is 0 Å². The molecule has 0 nitrogen and oxygen atoms in total. The smallest absolute Gasteiger partial charge is 0.0501 e. The predicted octanol–water partition coefficient (Wildman–Crippen LogP) is 3.01. The molecule has 1 rings (SSSR count). The van der Waals surface area contributed by atoms with Crippen molar-refractivity contribution in [3.05, 3.63) is 6.42 Å². The largest absolute Gasteiger partial charge is 0.119 e. The zero-order valence-corrected chi connectivity index (χ0v) is 6.91. The summed E-state index contributed by atoms with van der Waals surface area (Å²) in [6.07, 6.45) is 5.93. The van der Waals surface area contributed by atoms with Gasteiger partial charge in [-0.15, -0.1) is 11.6 Å². The zero-order chi connectivity index (χ0) is 6.91. The van der Waals surface area contributed by atoms with Crippen molar-refractivity contribution in [2.24, 2.45) is 5.92 Å². The maximum absolute atomic E-state index is 6.25. The SMILES string of the molecule is CC(C)C1(Cl)[CH]CCC1. The predicted molar refractivity (Wildman–Crippen MR) is 41.6 cm³/mol. The summed E-state index contributed by atoms with van der Waals surface area (Å²) in [4.78, 5) is 0.0417. The fraction of sp³-hybridized carbons (Fsp3) is 0.875. The van der Waals surface area contributed by atoms with Gasteiger partial charge in [-0.3, -0.25) is 0 Å². The molecule has 0 aliphatic heterocycles. The Kier molecular flexibility index (Phi) is 2.05. The number of rotatable bonds is 1. The van der Waals surface area contributed by atoms with Gasteiger partial charge in [-0.25, -0.2) is 0 Å². The van der Waals surface area contributed by atoms with Crippen LogP contribution in [0.25, 0.3) is 0 Å². The van der Waals surface area contributed by atoms with Gasteiger partial charge in [0.05, 0.1) is 4.87 Å². The van der Waals surface area contributed by atoms with Crippen LogP contribution in [0.1, 0.15) is 33.1 Å². The molecule has 1 heteroatoms. The van der Waals surface area contributed by atoms with Gasteiger partial charge in [0, 0.05) is 0 Å². The van der Waals surface area contributed by atoms with E-state index in [-0.39, 0.29) is 4.87 Å². The summed E-state index contributed by atoms with van der Waals surface area (Å²) in [5, 5.41) is 0. The highest BCUT2D eigenvalue weighted by Gasteiger charge is 2.34. The van der Waals surface area contributed by atoms with Crippen LogP contribution in [0.4, 0.5) is 0 Å². The lowest BCUT2D eigenvalue weighted by Gasteiger charge is -2.24. The first-order valence-electron chi connectivity index (χ1n) is 3.68. The first-order valence-corrected chi connectivity index (χ1v) is 4.06. The molecule has 1 atom stereocenters. The Morgan fingerprint density at radius 3 is 2.44 bits per heavy atom. The average molecular weight is 146 g/mol. The third-order valence-electron chi connectivity index (χ3n) is 2.21. The second kappa shape index (κ2) is 2.49. The lowest BCUT2D eigenvalue weighted by atomic mass is 9.93. The molecule has 0 aromatic rings. The highest BCUT2D eigenvalue weighted by atomic mass is 35.5. The molecule has 0 N–H and O–H groups in total. The van der Waals surface area contributed by atoms with Crippen LogP contribution in [0, 0.1) is 12.3 Å². The Hall–Kier alpha value is 0.290. The molecule has 1 aliphatic rings. The van der Waals surface area contributed by atoms with Gasteiger partial charge in [-0.05, 0) is 25.2 Å². The molecule has 0 aromatic carbocycles. The molecule has 0 spiro atoms. The van der Waals surface area contributed by atoms with Crippen LogP contribution in [-0.4, -0.2) is 4.87 Å². The molecule has 1 fully saturated rings. The Balaban J connectivity index is 2.51. The molecular weight excluding hydrogens is 132 g/mol. The van der Waals surface area contributed by atoms with Crippen LogP contribution in [-0.2, 0) is 0 Å². The first kappa shape index (κ1) is 7.40. The molecule has 0 aromatic heterocycles. The van der Waals surface area contributed by atoms with Crippen molar-refractivity contribution in [1.82, 2.24) is 0 Å². The lowest BCUT2D eigenvalue weighted by Crippen LogP contribution is -2.24. The molecule has 1 aliphatic carbocycles. The van der Waals surface area contributed by atoms with Crippen LogP contribution in [0.3, 0.4) is 0 Å². The van der Waals surface area contributed by atoms with Gasteiger partial charge in [0.2, 0.25) is 0 Å². The van der Waals surface area contributed by atoms with Crippen LogP contribution < -0.4 is 0 Å². The van der Waals surface area contributed by atoms with E-state index in [2.05, 4.69) is 20.3 Å². The summed E-state index contributed by atoms with van der Waals surface area (Å²) in [6.45, 7) is 4.38. The Labute approximate surface area is 62.6 Å². The summed E-state index contributed by atoms with van der Waals surface area (Å²) in [6, 6.07) is 0. The van der Waals surface area contributed by atoms with Gasteiger partial charge in [-0.2, -0.15) is 0 Å². The van der Waals surface area contributed by atoms with E-state index in [9.17, 15) is 0 Å². The van der Waals surface area contributed by atoms with Crippen molar-refractivity contribution in [2.75, 3.05) is 0 Å². The van der Waals surface area contributed by atoms with Gasteiger partial charge >= 0.3 is 0 Å². The zero-order valence-electron chi connectivity index (χ0n) is 6.15. The summed E-state index contributed by atoms with van der Waals surface area (Å²) >= 11 is 6.25. The molecule has 53 valence electrons. The van der Waals surface area contributed by atoms with Crippen LogP contribution in [0.2, 0.25) is 0 Å². The van der Waals surface area contributed by atoms with E-state index in [4.69, 9.17) is 11.6 Å². The molecule has 0 bridgehead atoms. The quantitative estimate of drug-likeness (QED) is 0.498. The molecular formula is C8H14Cl. The number of hydrogen-bond acceptors (Lipinski definition) is 0. The maximum Gasteiger partial charge on any atom is 0.0501 e. The standard InChI is InChI=1S/C8H14Cl/c1-7(2)8(9)5-3-4-6-8/h5,7H,3-4,6H2,1-2H3. The third kappa shape index (κ3) is 1.40. The Morgan fingerprint density at radius 1 is 1.56 bits per heavy atom. The van der Waals surface area contributed by atoms with E-state index in [1.54, 1.807) is 0 Å². The van der Waals surface area contributed by atoms with Crippen LogP contribution in [0.5, 0.6) is 0 Å². The van der Waals surface area contributed by atoms with Crippen LogP contribution in [0.15, 0.2) is 0 Å². The average Bonchev–Trinajstić information content (AvgIpc) is 2.16. The maximum atomic E-state index is 6.25. The highest BCUT2D eigenvalue weighted by molar-refractivity contribution is 6.25. The van der Waals surface area contributed by atoms with Gasteiger partial charge in [0.25, 0.3) is 0 Å². The minimum Gasteiger partial charge on any atom is -0.119 e. The van der Waals surface area contributed by atoms with Gasteiger partial charge in [0.15, 0.2) is 0 Å². The van der Waals surface area contributed by atoms with Crippen molar-refractivity contribution >= 4 is 11.6 Å². The summed E-state index contributed by atoms with van der Waals surface area (Å²) < 4.78 is 0. The minimum absolute atomic E-state index is 0.0417. The monoisotopic (exact) mass is 145 g/mol. The number of hydrogen-bond donors (Lipinski definition) is 0. The topological polar surface area (TPSA) is 0 Å². The normalized spacial score (nSPS) is 25.3. The molecule has 9 heavy (non-hydrogen) atoms. The molecule has 1 saturated carbocycles. The Bertz CT molecular complexity index is 90.7. The molecule has 0 amide bonds. The number of halogens is 1. The fourth-order valence-electron chi connectivity index (χ4n) is 1.34. The summed E-state index contributed by atoms with van der Waals surface area (Å²) in [5.41, 5.74) is 0. The second-order valence-corrected chi connectivity index (χ2v) is 3.88. The van der Waals surface area contributed by atoms with Crippen molar-refractivity contribution < 1.29 is 0 Å². The summed E-state index contributed by atoms with van der Waals surface area (Å²) in [5.74, 6) is 0.599. The molecule has 1 unspecified atom stereocenters. The molecule has 1 radical (unpaired) electrons. The van der Waals surface area contributed by atoms with Crippen LogP contribution >= 0.6 is 11.6 Å². The van der Waals surface area contributed by atoms with E-state index in [1.165, 1.54) is 19.3 Å². The van der Waals surface area contributed by atoms with Crippen molar-refractivity contribution in [2.45, 2.75) is 38.0 Å². The first-order chi connectivity index (χ1) is 4.15. The van der Waals surface area contributed by atoms with Gasteiger partial charge in [-0.1, -0.05) is 20.3 Å². The minimum atomic E-state index is 0.0417. The van der Waals surface area contributed by atoms with Crippen molar-refractivity contribution in [3.8, 4) is 0 Å². The van der Waals surface area contributed by atoms with E-state index in [0.29, 0.717) is 5.92 Å². The molecule has 0 saturated heterocycles. The van der Waals surface area contributed by atoms with Crippen molar-refractivity contribution in [3.63, 3.8) is 0 Å². The third-order valence-corrected chi connectivity index (χ3v) is 2.99. The van der Waals surface area contributed by atoms with E-state index in [1.807, 2.05) is 0 Å². The highest BCUT2D eigenvalue weighted by Crippen LogP contribution is 2.40. The fourth-order valence-corrected chi connectivity index (χ4v) is 1.58. The molecule has 0 heterocycles. The van der Waals surface area contributed by atoms with Gasteiger partial charge in [0.1, 0.15) is 0 Å². The van der Waals surface area contributed by atoms with E-state index < -0.39 is 0 Å². The lowest BCUT2D eigenvalue weighted by molar-refractivity contribution is 0.484. The Morgan fingerprint density at radius 2 is 2.22 bits per heavy atom. The van der Waals surface area contributed by atoms with Crippen molar-refractivity contribution in [1.29, 1.82) is 0 Å². The second-order valence-electron chi connectivity index (χ2n) is 3.18. The van der Waals surface area contributed by atoms with Gasteiger partial charge < -0.3 is 0 Å². The van der Waals surface area contributed by atoms with E-state index in [0.717, 1.165) is 0 Å².